The molecule has 0 bridgehead atoms. The zero-order chi connectivity index (χ0) is 13.8. The minimum Gasteiger partial charge on any atom is -0.483 e. The van der Waals surface area contributed by atoms with E-state index >= 15 is 0 Å². The Bertz CT molecular complexity index is 549. The van der Waals surface area contributed by atoms with E-state index in [9.17, 15) is 5.11 Å². The van der Waals surface area contributed by atoms with E-state index in [1.54, 1.807) is 0 Å². The fourth-order valence-corrected chi connectivity index (χ4v) is 1.67. The smallest absolute Gasteiger partial charge is 0.264 e. The van der Waals surface area contributed by atoms with Crippen LogP contribution >= 0.6 is 0 Å². The van der Waals surface area contributed by atoms with Crippen LogP contribution in [-0.4, -0.2) is 15.2 Å². The molecule has 0 aliphatic heterocycles. The Morgan fingerprint density at radius 2 is 2.16 bits per heavy atom. The predicted molar refractivity (Wildman–Crippen MR) is 69.8 cm³/mol. The molecule has 0 aliphatic rings. The van der Waals surface area contributed by atoms with Crippen molar-refractivity contribution >= 4 is 0 Å². The maximum absolute atomic E-state index is 9.29. The van der Waals surface area contributed by atoms with E-state index in [4.69, 9.17) is 9.26 Å². The molecule has 1 heterocycles. The molecule has 1 N–H and O–H groups in total. The number of hydrogen-bond donors (Lipinski definition) is 1. The van der Waals surface area contributed by atoms with Gasteiger partial charge in [-0.3, -0.25) is 0 Å². The van der Waals surface area contributed by atoms with E-state index in [1.807, 2.05) is 39.0 Å². The molecule has 0 saturated carbocycles. The van der Waals surface area contributed by atoms with Crippen LogP contribution in [0.5, 0.6) is 5.75 Å². The summed E-state index contributed by atoms with van der Waals surface area (Å²) in [5.74, 6) is 1.97. The monoisotopic (exact) mass is 262 g/mol. The highest BCUT2D eigenvalue weighted by Gasteiger charge is 2.11. The van der Waals surface area contributed by atoms with Crippen molar-refractivity contribution in [3.05, 3.63) is 41.0 Å². The fraction of sp³-hybridized carbons (Fsp3) is 0.429. The first kappa shape index (κ1) is 13.5. The van der Waals surface area contributed by atoms with Crippen molar-refractivity contribution in [3.63, 3.8) is 0 Å². The second-order valence-electron chi connectivity index (χ2n) is 4.76. The average Bonchev–Trinajstić information content (AvgIpc) is 2.86. The van der Waals surface area contributed by atoms with Gasteiger partial charge in [-0.25, -0.2) is 0 Å². The fourth-order valence-electron chi connectivity index (χ4n) is 1.67. The third-order valence-electron chi connectivity index (χ3n) is 2.74. The molecule has 0 spiro atoms. The molecule has 2 rings (SSSR count). The number of aliphatic hydroxyl groups is 1. The van der Waals surface area contributed by atoms with Crippen molar-refractivity contribution in [1.82, 2.24) is 10.1 Å². The second-order valence-corrected chi connectivity index (χ2v) is 4.76. The molecule has 5 heteroatoms. The Balaban J connectivity index is 2.05. The van der Waals surface area contributed by atoms with Crippen LogP contribution in [0.2, 0.25) is 0 Å². The van der Waals surface area contributed by atoms with Gasteiger partial charge in [-0.05, 0) is 13.0 Å². The minimum absolute atomic E-state index is 0.0574. The zero-order valence-corrected chi connectivity index (χ0v) is 11.4. The molecule has 0 atom stereocenters. The van der Waals surface area contributed by atoms with Crippen LogP contribution in [0.1, 0.15) is 42.6 Å². The summed E-state index contributed by atoms with van der Waals surface area (Å²) in [5, 5.41) is 13.2. The normalized spacial score (nSPS) is 11.0. The maximum Gasteiger partial charge on any atom is 0.264 e. The van der Waals surface area contributed by atoms with E-state index in [1.165, 1.54) is 0 Å². The lowest BCUT2D eigenvalue weighted by molar-refractivity contribution is 0.228. The first-order valence-corrected chi connectivity index (χ1v) is 6.26. The van der Waals surface area contributed by atoms with Crippen LogP contribution in [0, 0.1) is 6.92 Å². The van der Waals surface area contributed by atoms with Crippen LogP contribution in [-0.2, 0) is 13.2 Å². The van der Waals surface area contributed by atoms with Crippen molar-refractivity contribution in [3.8, 4) is 5.75 Å². The van der Waals surface area contributed by atoms with Gasteiger partial charge < -0.3 is 14.4 Å². The summed E-state index contributed by atoms with van der Waals surface area (Å²) in [6, 6.07) is 5.66. The molecule has 19 heavy (non-hydrogen) atoms. The summed E-state index contributed by atoms with van der Waals surface area (Å²) >= 11 is 0. The molecule has 0 amide bonds. The van der Waals surface area contributed by atoms with Gasteiger partial charge in [-0.1, -0.05) is 36.7 Å². The van der Waals surface area contributed by atoms with Gasteiger partial charge in [0.15, 0.2) is 12.4 Å². The Morgan fingerprint density at radius 1 is 1.37 bits per heavy atom. The number of hydrogen-bond acceptors (Lipinski definition) is 5. The first-order chi connectivity index (χ1) is 9.10. The number of aliphatic hydroxyl groups excluding tert-OH is 1. The van der Waals surface area contributed by atoms with E-state index in [0.29, 0.717) is 17.5 Å². The van der Waals surface area contributed by atoms with Gasteiger partial charge in [0.2, 0.25) is 0 Å². The Kier molecular flexibility index (Phi) is 4.16. The number of rotatable bonds is 5. The molecule has 0 aliphatic carbocycles. The standard InChI is InChI=1S/C14H18N2O3/c1-9(2)14-15-13(19-16-14)8-18-12-5-4-10(3)6-11(12)7-17/h4-6,9,17H,7-8H2,1-3H3. The molecule has 102 valence electrons. The van der Waals surface area contributed by atoms with Crippen LogP contribution in [0.25, 0.3) is 0 Å². The third kappa shape index (κ3) is 3.32. The number of benzene rings is 1. The molecule has 0 fully saturated rings. The van der Waals surface area contributed by atoms with Gasteiger partial charge in [0.25, 0.3) is 5.89 Å². The predicted octanol–water partition coefficient (Wildman–Crippen LogP) is 2.57. The third-order valence-corrected chi connectivity index (χ3v) is 2.74. The van der Waals surface area contributed by atoms with Gasteiger partial charge >= 0.3 is 0 Å². The van der Waals surface area contributed by atoms with Crippen LogP contribution in [0.4, 0.5) is 0 Å². The largest absolute Gasteiger partial charge is 0.483 e. The Labute approximate surface area is 112 Å². The molecule has 1 aromatic carbocycles. The molecular formula is C14H18N2O3. The summed E-state index contributed by atoms with van der Waals surface area (Å²) in [5.41, 5.74) is 1.83. The number of ether oxygens (including phenoxy) is 1. The maximum atomic E-state index is 9.29. The lowest BCUT2D eigenvalue weighted by atomic mass is 10.1. The van der Waals surface area contributed by atoms with Gasteiger partial charge in [-0.2, -0.15) is 4.98 Å². The Morgan fingerprint density at radius 3 is 2.79 bits per heavy atom. The number of nitrogens with zero attached hydrogens (tertiary/aromatic N) is 2. The summed E-state index contributed by atoms with van der Waals surface area (Å²) < 4.78 is 10.7. The molecule has 1 aromatic heterocycles. The van der Waals surface area contributed by atoms with Gasteiger partial charge in [-0.15, -0.1) is 0 Å². The van der Waals surface area contributed by atoms with Crippen molar-refractivity contribution in [1.29, 1.82) is 0 Å². The lowest BCUT2D eigenvalue weighted by Crippen LogP contribution is -2.00. The van der Waals surface area contributed by atoms with Gasteiger partial charge in [0.1, 0.15) is 5.75 Å². The van der Waals surface area contributed by atoms with Crippen LogP contribution in [0.15, 0.2) is 22.7 Å². The van der Waals surface area contributed by atoms with E-state index in [2.05, 4.69) is 10.1 Å². The highest BCUT2D eigenvalue weighted by Crippen LogP contribution is 2.21. The van der Waals surface area contributed by atoms with Crippen molar-refractivity contribution in [2.24, 2.45) is 0 Å². The van der Waals surface area contributed by atoms with Crippen molar-refractivity contribution < 1.29 is 14.4 Å². The van der Waals surface area contributed by atoms with Crippen molar-refractivity contribution in [2.75, 3.05) is 0 Å². The van der Waals surface area contributed by atoms with E-state index in [0.717, 1.165) is 11.1 Å². The highest BCUT2D eigenvalue weighted by atomic mass is 16.5. The second kappa shape index (κ2) is 5.84. The van der Waals surface area contributed by atoms with Crippen molar-refractivity contribution in [2.45, 2.75) is 39.9 Å². The summed E-state index contributed by atoms with van der Waals surface area (Å²) in [6.07, 6.45) is 0. The zero-order valence-electron chi connectivity index (χ0n) is 11.4. The highest BCUT2D eigenvalue weighted by molar-refractivity contribution is 5.36. The molecule has 2 aromatic rings. The SMILES string of the molecule is Cc1ccc(OCc2nc(C(C)C)no2)c(CO)c1. The lowest BCUT2D eigenvalue weighted by Gasteiger charge is -2.08. The molecule has 5 nitrogen and oxygen atoms in total. The molecule has 0 radical (unpaired) electrons. The first-order valence-electron chi connectivity index (χ1n) is 6.26. The van der Waals surface area contributed by atoms with Crippen LogP contribution in [0.3, 0.4) is 0 Å². The average molecular weight is 262 g/mol. The van der Waals surface area contributed by atoms with Gasteiger partial charge in [0, 0.05) is 11.5 Å². The topological polar surface area (TPSA) is 68.4 Å². The molecule has 0 saturated heterocycles. The minimum atomic E-state index is -0.0574. The number of aromatic nitrogens is 2. The van der Waals surface area contributed by atoms with E-state index < -0.39 is 0 Å². The summed E-state index contributed by atoms with van der Waals surface area (Å²) in [6.45, 7) is 6.11. The quantitative estimate of drug-likeness (QED) is 0.896. The molecular weight excluding hydrogens is 244 g/mol. The summed E-state index contributed by atoms with van der Waals surface area (Å²) in [7, 11) is 0. The van der Waals surface area contributed by atoms with Gasteiger partial charge in [0.05, 0.1) is 6.61 Å². The van der Waals surface area contributed by atoms with E-state index in [-0.39, 0.29) is 19.1 Å². The summed E-state index contributed by atoms with van der Waals surface area (Å²) in [4.78, 5) is 4.23. The number of aryl methyl sites for hydroxylation is 1. The van der Waals surface area contributed by atoms with Crippen LogP contribution < -0.4 is 4.74 Å². The molecule has 0 unspecified atom stereocenters. The Hall–Kier alpha value is -1.88.